The maximum atomic E-state index is 11.7. The van der Waals surface area contributed by atoms with E-state index in [9.17, 15) is 4.79 Å². The van der Waals surface area contributed by atoms with Gasteiger partial charge < -0.3 is 25.4 Å². The molecule has 1 aliphatic carbocycles. The Morgan fingerprint density at radius 1 is 1.30 bits per heavy atom. The van der Waals surface area contributed by atoms with Gasteiger partial charge in [-0.2, -0.15) is 0 Å². The Kier molecular flexibility index (Phi) is 10.3. The van der Waals surface area contributed by atoms with Gasteiger partial charge in [-0.1, -0.05) is 0 Å². The van der Waals surface area contributed by atoms with Gasteiger partial charge in [-0.25, -0.2) is 0 Å². The lowest BCUT2D eigenvalue weighted by molar-refractivity contribution is -0.121. The lowest BCUT2D eigenvalue weighted by atomic mass is 10.1. The second-order valence-corrected chi connectivity index (χ2v) is 6.42. The topological polar surface area (TPSA) is 84.0 Å². The van der Waals surface area contributed by atoms with Gasteiger partial charge >= 0.3 is 0 Å². The third-order valence-corrected chi connectivity index (χ3v) is 4.30. The highest BCUT2D eigenvalue weighted by molar-refractivity contribution is 14.0. The molecule has 1 saturated carbocycles. The van der Waals surface area contributed by atoms with Crippen LogP contribution in [0.5, 0.6) is 11.5 Å². The number of nitrogens with one attached hydrogen (secondary N) is 3. The summed E-state index contributed by atoms with van der Waals surface area (Å²) in [6.45, 7) is 2.72. The van der Waals surface area contributed by atoms with Gasteiger partial charge in [-0.3, -0.25) is 9.79 Å². The Hall–Kier alpha value is -1.71. The molecule has 0 radical (unpaired) electrons. The van der Waals surface area contributed by atoms with Crippen molar-refractivity contribution in [3.63, 3.8) is 0 Å². The van der Waals surface area contributed by atoms with E-state index in [0.29, 0.717) is 25.0 Å². The number of methoxy groups -OCH3 is 2. The Labute approximate surface area is 178 Å². The largest absolute Gasteiger partial charge is 0.497 e. The number of nitrogens with zero attached hydrogens (tertiary/aromatic N) is 1. The van der Waals surface area contributed by atoms with Crippen LogP contribution in [-0.4, -0.2) is 45.7 Å². The van der Waals surface area contributed by atoms with Gasteiger partial charge in [-0.05, 0) is 44.4 Å². The molecule has 8 heteroatoms. The molecule has 1 aromatic rings. The van der Waals surface area contributed by atoms with E-state index in [1.54, 1.807) is 21.3 Å². The van der Waals surface area contributed by atoms with Crippen molar-refractivity contribution in [1.82, 2.24) is 16.0 Å². The lowest BCUT2D eigenvalue weighted by Crippen LogP contribution is -2.39. The first-order valence-corrected chi connectivity index (χ1v) is 9.05. The molecule has 27 heavy (non-hydrogen) atoms. The van der Waals surface area contributed by atoms with Gasteiger partial charge in [0, 0.05) is 31.6 Å². The van der Waals surface area contributed by atoms with Crippen LogP contribution in [0.1, 0.15) is 44.2 Å². The van der Waals surface area contributed by atoms with Crippen molar-refractivity contribution in [2.45, 2.75) is 44.7 Å². The number of guanidine groups is 1. The summed E-state index contributed by atoms with van der Waals surface area (Å²) < 4.78 is 10.7. The Bertz CT molecular complexity index is 635. The third kappa shape index (κ3) is 7.82. The minimum atomic E-state index is -0.0237. The standard InChI is InChI=1S/C19H30N4O3.HI/c1-13(16-12-15(25-3)9-10-17(16)26-4)22-19(20-2)21-11-5-6-18(24)23-14-7-8-14;/h9-10,12-14H,5-8,11H2,1-4H3,(H,23,24)(H2,20,21,22);1H. The molecule has 0 spiro atoms. The average molecular weight is 490 g/mol. The van der Waals surface area contributed by atoms with Crippen LogP contribution in [0.25, 0.3) is 0 Å². The number of amides is 1. The van der Waals surface area contributed by atoms with Crippen molar-refractivity contribution >= 4 is 35.8 Å². The van der Waals surface area contributed by atoms with E-state index < -0.39 is 0 Å². The molecular formula is C19H31IN4O3. The van der Waals surface area contributed by atoms with Crippen molar-refractivity contribution in [2.24, 2.45) is 4.99 Å². The fraction of sp³-hybridized carbons (Fsp3) is 0.579. The normalized spacial score (nSPS) is 14.6. The molecule has 0 aliphatic heterocycles. The number of ether oxygens (including phenoxy) is 2. The SMILES string of the molecule is CN=C(NCCCC(=O)NC1CC1)NC(C)c1cc(OC)ccc1OC.I. The number of halogens is 1. The first kappa shape index (κ1) is 23.3. The predicted molar refractivity (Wildman–Crippen MR) is 118 cm³/mol. The molecule has 0 bridgehead atoms. The third-order valence-electron chi connectivity index (χ3n) is 4.30. The number of hydrogen-bond acceptors (Lipinski definition) is 4. The number of carbonyl (C=O) groups excluding carboxylic acids is 1. The van der Waals surface area contributed by atoms with Gasteiger partial charge in [0.25, 0.3) is 0 Å². The number of benzene rings is 1. The van der Waals surface area contributed by atoms with Crippen LogP contribution in [0, 0.1) is 0 Å². The highest BCUT2D eigenvalue weighted by Gasteiger charge is 2.22. The second-order valence-electron chi connectivity index (χ2n) is 6.42. The summed E-state index contributed by atoms with van der Waals surface area (Å²) in [5, 5.41) is 9.58. The fourth-order valence-electron chi connectivity index (χ4n) is 2.64. The van der Waals surface area contributed by atoms with Crippen molar-refractivity contribution < 1.29 is 14.3 Å². The number of aliphatic imine (C=N–C) groups is 1. The van der Waals surface area contributed by atoms with Crippen LogP contribution in [0.15, 0.2) is 23.2 Å². The predicted octanol–water partition coefficient (Wildman–Crippen LogP) is 2.61. The van der Waals surface area contributed by atoms with Crippen LogP contribution in [0.2, 0.25) is 0 Å². The summed E-state index contributed by atoms with van der Waals surface area (Å²) in [6, 6.07) is 6.11. The first-order valence-electron chi connectivity index (χ1n) is 9.05. The van der Waals surface area contributed by atoms with Gasteiger partial charge in [-0.15, -0.1) is 24.0 Å². The van der Waals surface area contributed by atoms with Crippen molar-refractivity contribution in [1.29, 1.82) is 0 Å². The van der Waals surface area contributed by atoms with E-state index in [1.807, 2.05) is 25.1 Å². The van der Waals surface area contributed by atoms with E-state index in [1.165, 1.54) is 0 Å². The average Bonchev–Trinajstić information content (AvgIpc) is 3.47. The molecule has 0 aromatic heterocycles. The van der Waals surface area contributed by atoms with Gasteiger partial charge in [0.15, 0.2) is 5.96 Å². The molecule has 2 rings (SSSR count). The summed E-state index contributed by atoms with van der Waals surface area (Å²) in [5.74, 6) is 2.38. The minimum absolute atomic E-state index is 0. The minimum Gasteiger partial charge on any atom is -0.497 e. The van der Waals surface area contributed by atoms with Crippen LogP contribution in [0.4, 0.5) is 0 Å². The van der Waals surface area contributed by atoms with Gasteiger partial charge in [0.2, 0.25) is 5.91 Å². The Morgan fingerprint density at radius 3 is 2.63 bits per heavy atom. The molecule has 1 atom stereocenters. The zero-order valence-electron chi connectivity index (χ0n) is 16.5. The maximum Gasteiger partial charge on any atom is 0.220 e. The molecule has 0 saturated heterocycles. The summed E-state index contributed by atoms with van der Waals surface area (Å²) in [4.78, 5) is 15.9. The Morgan fingerprint density at radius 2 is 2.04 bits per heavy atom. The quantitative estimate of drug-likeness (QED) is 0.215. The summed E-state index contributed by atoms with van der Waals surface area (Å²) >= 11 is 0. The van der Waals surface area contributed by atoms with Crippen LogP contribution in [0.3, 0.4) is 0 Å². The van der Waals surface area contributed by atoms with Crippen molar-refractivity contribution in [2.75, 3.05) is 27.8 Å². The maximum absolute atomic E-state index is 11.7. The lowest BCUT2D eigenvalue weighted by Gasteiger charge is -2.20. The fourth-order valence-corrected chi connectivity index (χ4v) is 2.64. The number of rotatable bonds is 9. The van der Waals surface area contributed by atoms with E-state index in [2.05, 4.69) is 20.9 Å². The summed E-state index contributed by atoms with van der Waals surface area (Å²) in [6.07, 6.45) is 3.52. The molecule has 1 fully saturated rings. The van der Waals surface area contributed by atoms with Gasteiger partial charge in [0.05, 0.1) is 20.3 Å². The molecule has 1 aromatic carbocycles. The van der Waals surface area contributed by atoms with Crippen LogP contribution in [-0.2, 0) is 4.79 Å². The molecule has 152 valence electrons. The number of carbonyl (C=O) groups is 1. The van der Waals surface area contributed by atoms with Crippen LogP contribution < -0.4 is 25.4 Å². The summed E-state index contributed by atoms with van der Waals surface area (Å²) in [7, 11) is 5.02. The highest BCUT2D eigenvalue weighted by Crippen LogP contribution is 2.29. The smallest absolute Gasteiger partial charge is 0.220 e. The molecular weight excluding hydrogens is 459 g/mol. The zero-order chi connectivity index (χ0) is 18.9. The monoisotopic (exact) mass is 490 g/mol. The van der Waals surface area contributed by atoms with E-state index >= 15 is 0 Å². The summed E-state index contributed by atoms with van der Waals surface area (Å²) in [5.41, 5.74) is 0.985. The van der Waals surface area contributed by atoms with Gasteiger partial charge in [0.1, 0.15) is 11.5 Å². The first-order chi connectivity index (χ1) is 12.6. The molecule has 0 heterocycles. The van der Waals surface area contributed by atoms with Crippen molar-refractivity contribution in [3.05, 3.63) is 23.8 Å². The van der Waals surface area contributed by atoms with E-state index in [-0.39, 0.29) is 35.9 Å². The van der Waals surface area contributed by atoms with Crippen molar-refractivity contribution in [3.8, 4) is 11.5 Å². The number of hydrogen-bond donors (Lipinski definition) is 3. The van der Waals surface area contributed by atoms with E-state index in [0.717, 1.165) is 36.3 Å². The Balaban J connectivity index is 0.00000364. The molecule has 1 unspecified atom stereocenters. The highest BCUT2D eigenvalue weighted by atomic mass is 127. The van der Waals surface area contributed by atoms with E-state index in [4.69, 9.17) is 9.47 Å². The second kappa shape index (κ2) is 11.9. The molecule has 3 N–H and O–H groups in total. The molecule has 1 aliphatic rings. The van der Waals surface area contributed by atoms with Crippen LogP contribution >= 0.6 is 24.0 Å². The zero-order valence-corrected chi connectivity index (χ0v) is 18.8. The molecule has 1 amide bonds. The molecule has 7 nitrogen and oxygen atoms in total.